The van der Waals surface area contributed by atoms with E-state index in [9.17, 15) is 19.5 Å². The Balaban J connectivity index is 2.11. The van der Waals surface area contributed by atoms with Crippen LogP contribution >= 0.6 is 11.6 Å². The zero-order valence-corrected chi connectivity index (χ0v) is 14.3. The lowest BCUT2D eigenvalue weighted by atomic mass is 9.91. The first-order chi connectivity index (χ1) is 11.3. The Hall–Kier alpha value is -2.28. The SMILES string of the molecule is CC(=O)Nc1ccc(Cl)c(NC(=O)N2CC(C)CC(C(=O)O)C2)c1. The minimum absolute atomic E-state index is 0.104. The van der Waals surface area contributed by atoms with E-state index in [1.165, 1.54) is 11.8 Å². The monoisotopic (exact) mass is 353 g/mol. The van der Waals surface area contributed by atoms with Gasteiger partial charge in [-0.3, -0.25) is 9.59 Å². The maximum atomic E-state index is 12.4. The van der Waals surface area contributed by atoms with E-state index in [0.717, 1.165) is 0 Å². The molecule has 1 saturated heterocycles. The Labute approximate surface area is 145 Å². The highest BCUT2D eigenvalue weighted by atomic mass is 35.5. The first-order valence-electron chi connectivity index (χ1n) is 7.62. The van der Waals surface area contributed by atoms with Crippen LogP contribution < -0.4 is 10.6 Å². The molecule has 0 aliphatic carbocycles. The van der Waals surface area contributed by atoms with Crippen molar-refractivity contribution < 1.29 is 19.5 Å². The summed E-state index contributed by atoms with van der Waals surface area (Å²) in [6.07, 6.45) is 0.553. The molecule has 1 aromatic rings. The summed E-state index contributed by atoms with van der Waals surface area (Å²) < 4.78 is 0. The van der Waals surface area contributed by atoms with Crippen molar-refractivity contribution in [1.82, 2.24) is 4.90 Å². The standard InChI is InChI=1S/C16H20ClN3O4/c1-9-5-11(15(22)23)8-20(7-9)16(24)19-14-6-12(18-10(2)21)3-4-13(14)17/h3-4,6,9,11H,5,7-8H2,1-2H3,(H,18,21)(H,19,24)(H,22,23). The molecular formula is C16H20ClN3O4. The number of halogens is 1. The highest BCUT2D eigenvalue weighted by Gasteiger charge is 2.32. The van der Waals surface area contributed by atoms with Gasteiger partial charge in [-0.2, -0.15) is 0 Å². The summed E-state index contributed by atoms with van der Waals surface area (Å²) in [5.41, 5.74) is 0.871. The fourth-order valence-corrected chi connectivity index (χ4v) is 2.96. The molecule has 24 heavy (non-hydrogen) atoms. The summed E-state index contributed by atoms with van der Waals surface area (Å²) >= 11 is 6.08. The van der Waals surface area contributed by atoms with Gasteiger partial charge in [-0.15, -0.1) is 0 Å². The number of carboxylic acids is 1. The zero-order chi connectivity index (χ0) is 17.9. The van der Waals surface area contributed by atoms with Crippen molar-refractivity contribution in [3.63, 3.8) is 0 Å². The third kappa shape index (κ3) is 4.61. The fraction of sp³-hybridized carbons (Fsp3) is 0.438. The smallest absolute Gasteiger partial charge is 0.321 e. The normalized spacial score (nSPS) is 20.4. The molecule has 0 aromatic heterocycles. The Morgan fingerprint density at radius 3 is 2.58 bits per heavy atom. The summed E-state index contributed by atoms with van der Waals surface area (Å²) in [6.45, 7) is 3.95. The number of likely N-dealkylation sites (tertiary alicyclic amines) is 1. The lowest BCUT2D eigenvalue weighted by Gasteiger charge is -2.34. The lowest BCUT2D eigenvalue weighted by molar-refractivity contribution is -0.143. The summed E-state index contributed by atoms with van der Waals surface area (Å²) in [5.74, 6) is -1.60. The van der Waals surface area contributed by atoms with Gasteiger partial charge in [0.25, 0.3) is 0 Å². The van der Waals surface area contributed by atoms with E-state index in [2.05, 4.69) is 10.6 Å². The van der Waals surface area contributed by atoms with Crippen molar-refractivity contribution in [2.75, 3.05) is 23.7 Å². The van der Waals surface area contributed by atoms with Gasteiger partial charge in [-0.25, -0.2) is 4.79 Å². The lowest BCUT2D eigenvalue weighted by Crippen LogP contribution is -2.47. The second kappa shape index (κ2) is 7.53. The molecule has 3 N–H and O–H groups in total. The van der Waals surface area contributed by atoms with Gasteiger partial charge in [-0.05, 0) is 30.5 Å². The summed E-state index contributed by atoms with van der Waals surface area (Å²) in [6, 6.07) is 4.35. The zero-order valence-electron chi connectivity index (χ0n) is 13.5. The first kappa shape index (κ1) is 18.1. The van der Waals surface area contributed by atoms with Crippen LogP contribution in [-0.4, -0.2) is 41.0 Å². The molecule has 0 saturated carbocycles. The number of urea groups is 1. The predicted molar refractivity (Wildman–Crippen MR) is 91.3 cm³/mol. The number of benzene rings is 1. The molecule has 1 aliphatic rings. The second-order valence-electron chi connectivity index (χ2n) is 6.09. The van der Waals surface area contributed by atoms with E-state index in [1.54, 1.807) is 18.2 Å². The second-order valence-corrected chi connectivity index (χ2v) is 6.49. The fourth-order valence-electron chi connectivity index (χ4n) is 2.79. The van der Waals surface area contributed by atoms with Gasteiger partial charge in [0.15, 0.2) is 0 Å². The van der Waals surface area contributed by atoms with Crippen molar-refractivity contribution in [1.29, 1.82) is 0 Å². The first-order valence-corrected chi connectivity index (χ1v) is 8.00. The molecule has 1 aliphatic heterocycles. The number of anilines is 2. The van der Waals surface area contributed by atoms with Gasteiger partial charge in [-0.1, -0.05) is 18.5 Å². The van der Waals surface area contributed by atoms with Crippen LogP contribution in [0.2, 0.25) is 5.02 Å². The molecule has 130 valence electrons. The van der Waals surface area contributed by atoms with Crippen molar-refractivity contribution >= 4 is 40.9 Å². The van der Waals surface area contributed by atoms with E-state index < -0.39 is 17.9 Å². The molecule has 1 aromatic carbocycles. The topological polar surface area (TPSA) is 98.7 Å². The quantitative estimate of drug-likeness (QED) is 0.778. The number of nitrogens with zero attached hydrogens (tertiary/aromatic N) is 1. The van der Waals surface area contributed by atoms with Crippen molar-refractivity contribution in [3.8, 4) is 0 Å². The minimum Gasteiger partial charge on any atom is -0.481 e. The number of nitrogens with one attached hydrogen (secondary N) is 2. The Morgan fingerprint density at radius 2 is 1.96 bits per heavy atom. The molecule has 7 nitrogen and oxygen atoms in total. The van der Waals surface area contributed by atoms with Gasteiger partial charge in [0, 0.05) is 25.7 Å². The number of carbonyl (C=O) groups is 3. The molecule has 2 rings (SSSR count). The van der Waals surface area contributed by atoms with Gasteiger partial charge in [0.2, 0.25) is 5.91 Å². The van der Waals surface area contributed by atoms with Gasteiger partial charge in [0.1, 0.15) is 0 Å². The summed E-state index contributed by atoms with van der Waals surface area (Å²) in [5, 5.41) is 14.8. The maximum Gasteiger partial charge on any atom is 0.321 e. The highest BCUT2D eigenvalue weighted by Crippen LogP contribution is 2.27. The molecule has 0 bridgehead atoms. The van der Waals surface area contributed by atoms with Crippen LogP contribution in [0.3, 0.4) is 0 Å². The number of amides is 3. The average molecular weight is 354 g/mol. The van der Waals surface area contributed by atoms with E-state index in [1.807, 2.05) is 6.92 Å². The van der Waals surface area contributed by atoms with Crippen LogP contribution in [-0.2, 0) is 9.59 Å². The van der Waals surface area contributed by atoms with Gasteiger partial charge >= 0.3 is 12.0 Å². The Morgan fingerprint density at radius 1 is 1.25 bits per heavy atom. The van der Waals surface area contributed by atoms with Crippen LogP contribution in [0.25, 0.3) is 0 Å². The number of carbonyl (C=O) groups excluding carboxylic acids is 2. The molecule has 1 heterocycles. The van der Waals surface area contributed by atoms with Gasteiger partial charge < -0.3 is 20.6 Å². The summed E-state index contributed by atoms with van der Waals surface area (Å²) in [7, 11) is 0. The highest BCUT2D eigenvalue weighted by molar-refractivity contribution is 6.33. The predicted octanol–water partition coefficient (Wildman–Crippen LogP) is 2.87. The maximum absolute atomic E-state index is 12.4. The molecule has 3 amide bonds. The molecule has 2 atom stereocenters. The van der Waals surface area contributed by atoms with Crippen molar-refractivity contribution in [2.45, 2.75) is 20.3 Å². The largest absolute Gasteiger partial charge is 0.481 e. The van der Waals surface area contributed by atoms with Crippen molar-refractivity contribution in [3.05, 3.63) is 23.2 Å². The molecule has 0 radical (unpaired) electrons. The van der Waals surface area contributed by atoms with E-state index >= 15 is 0 Å². The number of hydrogen-bond donors (Lipinski definition) is 3. The molecule has 1 fully saturated rings. The van der Waals surface area contributed by atoms with Crippen LogP contribution in [0.1, 0.15) is 20.3 Å². The van der Waals surface area contributed by atoms with Gasteiger partial charge in [0.05, 0.1) is 16.6 Å². The average Bonchev–Trinajstić information content (AvgIpc) is 2.49. The molecular weight excluding hydrogens is 334 g/mol. The molecule has 8 heteroatoms. The van der Waals surface area contributed by atoms with E-state index in [4.69, 9.17) is 11.6 Å². The Bertz CT molecular complexity index is 665. The third-order valence-electron chi connectivity index (χ3n) is 3.82. The van der Waals surface area contributed by atoms with Crippen LogP contribution in [0.4, 0.5) is 16.2 Å². The Kier molecular flexibility index (Phi) is 5.66. The van der Waals surface area contributed by atoms with E-state index in [-0.39, 0.29) is 18.4 Å². The number of carboxylic acid groups (broad SMARTS) is 1. The van der Waals surface area contributed by atoms with Crippen LogP contribution in [0.15, 0.2) is 18.2 Å². The van der Waals surface area contributed by atoms with Crippen molar-refractivity contribution in [2.24, 2.45) is 11.8 Å². The number of hydrogen-bond acceptors (Lipinski definition) is 3. The third-order valence-corrected chi connectivity index (χ3v) is 4.15. The van der Waals surface area contributed by atoms with E-state index in [0.29, 0.717) is 29.4 Å². The summed E-state index contributed by atoms with van der Waals surface area (Å²) in [4.78, 5) is 36.3. The van der Waals surface area contributed by atoms with Crippen LogP contribution in [0.5, 0.6) is 0 Å². The number of aliphatic carboxylic acids is 1. The number of piperidine rings is 1. The number of rotatable bonds is 3. The molecule has 0 spiro atoms. The molecule has 2 unspecified atom stereocenters. The van der Waals surface area contributed by atoms with Crippen LogP contribution in [0, 0.1) is 11.8 Å². The minimum atomic E-state index is -0.898.